The fourth-order valence-electron chi connectivity index (χ4n) is 2.15. The van der Waals surface area contributed by atoms with Crippen molar-refractivity contribution in [3.05, 3.63) is 35.6 Å². The molecule has 1 aromatic carbocycles. The quantitative estimate of drug-likeness (QED) is 0.766. The lowest BCUT2D eigenvalue weighted by Gasteiger charge is -2.38. The monoisotopic (exact) mass is 208 g/mol. The zero-order chi connectivity index (χ0) is 10.8. The minimum absolute atomic E-state index is 0.0641. The number of hydrogen-bond donors (Lipinski definition) is 1. The second kappa shape index (κ2) is 4.29. The minimum atomic E-state index is -0.0641. The summed E-state index contributed by atoms with van der Waals surface area (Å²) >= 11 is 0. The highest BCUT2D eigenvalue weighted by atomic mass is 19.1. The molecule has 0 heterocycles. The van der Waals surface area contributed by atoms with E-state index in [4.69, 9.17) is 0 Å². The summed E-state index contributed by atoms with van der Waals surface area (Å²) in [6.45, 7) is 0. The number of benzene rings is 1. The van der Waals surface area contributed by atoms with Gasteiger partial charge in [-0.15, -0.1) is 0 Å². The molecule has 15 heavy (non-hydrogen) atoms. The highest BCUT2D eigenvalue weighted by Crippen LogP contribution is 2.37. The van der Waals surface area contributed by atoms with Crippen LogP contribution in [0.5, 0.6) is 0 Å². The van der Waals surface area contributed by atoms with Crippen LogP contribution < -0.4 is 5.43 Å². The predicted octanol–water partition coefficient (Wildman–Crippen LogP) is 2.14. The van der Waals surface area contributed by atoms with Crippen LogP contribution in [0.2, 0.25) is 0 Å². The number of hydrazine groups is 1. The Morgan fingerprint density at radius 3 is 2.53 bits per heavy atom. The molecule has 0 saturated heterocycles. The van der Waals surface area contributed by atoms with Crippen molar-refractivity contribution in [3.8, 4) is 0 Å². The maximum atomic E-state index is 13.4. The molecule has 0 aromatic heterocycles. The van der Waals surface area contributed by atoms with E-state index in [1.54, 1.807) is 12.1 Å². The normalized spacial score (nSPS) is 25.3. The summed E-state index contributed by atoms with van der Waals surface area (Å²) in [5.41, 5.74) is 4.18. The highest BCUT2D eigenvalue weighted by molar-refractivity contribution is 5.24. The average molecular weight is 208 g/mol. The van der Waals surface area contributed by atoms with Crippen molar-refractivity contribution >= 4 is 0 Å². The van der Waals surface area contributed by atoms with Gasteiger partial charge >= 0.3 is 0 Å². The Morgan fingerprint density at radius 2 is 1.93 bits per heavy atom. The molecule has 3 heteroatoms. The molecule has 0 atom stereocenters. The van der Waals surface area contributed by atoms with Crippen molar-refractivity contribution in [2.24, 2.45) is 0 Å². The number of nitrogens with zero attached hydrogens (tertiary/aromatic N) is 1. The lowest BCUT2D eigenvalue weighted by atomic mass is 9.76. The van der Waals surface area contributed by atoms with E-state index in [2.05, 4.69) is 5.43 Å². The molecule has 1 aromatic rings. The number of rotatable bonds is 3. The molecule has 2 rings (SSSR count). The zero-order valence-corrected chi connectivity index (χ0v) is 9.20. The van der Waals surface area contributed by atoms with Gasteiger partial charge < -0.3 is 0 Å². The van der Waals surface area contributed by atoms with Crippen LogP contribution in [0.3, 0.4) is 0 Å². The van der Waals surface area contributed by atoms with Gasteiger partial charge in [0.15, 0.2) is 0 Å². The van der Waals surface area contributed by atoms with Crippen molar-refractivity contribution < 1.29 is 4.39 Å². The third kappa shape index (κ3) is 2.36. The van der Waals surface area contributed by atoms with Gasteiger partial charge in [0.25, 0.3) is 0 Å². The molecule has 1 saturated carbocycles. The van der Waals surface area contributed by atoms with Crippen LogP contribution >= 0.6 is 0 Å². The molecule has 2 nitrogen and oxygen atoms in total. The fraction of sp³-hybridized carbons (Fsp3) is 0.500. The summed E-state index contributed by atoms with van der Waals surface area (Å²) in [6, 6.07) is 7.59. The molecule has 1 N–H and O–H groups in total. The largest absolute Gasteiger partial charge is 0.253 e. The predicted molar refractivity (Wildman–Crippen MR) is 59.0 cm³/mol. The van der Waals surface area contributed by atoms with Crippen LogP contribution in [0.15, 0.2) is 24.3 Å². The van der Waals surface area contributed by atoms with Gasteiger partial charge in [-0.25, -0.2) is 4.39 Å². The van der Waals surface area contributed by atoms with Gasteiger partial charge in [-0.2, -0.15) is 0 Å². The first-order valence-corrected chi connectivity index (χ1v) is 5.34. The summed E-state index contributed by atoms with van der Waals surface area (Å²) in [6.07, 6.45) is 2.05. The van der Waals surface area contributed by atoms with Crippen molar-refractivity contribution in [3.63, 3.8) is 0 Å². The Hall–Kier alpha value is -0.930. The first-order valence-electron chi connectivity index (χ1n) is 5.34. The molecular formula is C12H17FN2. The lowest BCUT2D eigenvalue weighted by molar-refractivity contribution is 0.164. The second-order valence-corrected chi connectivity index (χ2v) is 4.41. The second-order valence-electron chi connectivity index (χ2n) is 4.41. The van der Waals surface area contributed by atoms with Gasteiger partial charge in [-0.3, -0.25) is 10.4 Å². The summed E-state index contributed by atoms with van der Waals surface area (Å²) in [5.74, 6) is 0.328. The summed E-state index contributed by atoms with van der Waals surface area (Å²) in [4.78, 5) is 0. The van der Waals surface area contributed by atoms with Crippen LogP contribution in [0.4, 0.5) is 4.39 Å². The first-order chi connectivity index (χ1) is 7.16. The lowest BCUT2D eigenvalue weighted by Crippen LogP contribution is -2.46. The van der Waals surface area contributed by atoms with E-state index in [0.717, 1.165) is 18.4 Å². The third-order valence-corrected chi connectivity index (χ3v) is 2.92. The van der Waals surface area contributed by atoms with Crippen molar-refractivity contribution in [2.75, 3.05) is 14.1 Å². The Balaban J connectivity index is 1.92. The molecule has 0 aliphatic heterocycles. The summed E-state index contributed by atoms with van der Waals surface area (Å²) in [5, 5.41) is 1.96. The van der Waals surface area contributed by atoms with E-state index in [-0.39, 0.29) is 5.82 Å². The molecule has 0 unspecified atom stereocenters. The molecule has 0 amide bonds. The zero-order valence-electron chi connectivity index (χ0n) is 9.20. The van der Waals surface area contributed by atoms with Gasteiger partial charge in [-0.1, -0.05) is 18.2 Å². The van der Waals surface area contributed by atoms with Crippen molar-refractivity contribution in [1.82, 2.24) is 10.4 Å². The molecule has 1 fully saturated rings. The third-order valence-electron chi connectivity index (χ3n) is 2.92. The Kier molecular flexibility index (Phi) is 3.03. The number of halogens is 1. The molecule has 1 aliphatic carbocycles. The molecule has 82 valence electrons. The van der Waals surface area contributed by atoms with Crippen molar-refractivity contribution in [2.45, 2.75) is 24.8 Å². The van der Waals surface area contributed by atoms with Crippen LogP contribution in [-0.4, -0.2) is 25.1 Å². The van der Waals surface area contributed by atoms with E-state index < -0.39 is 0 Å². The number of hydrogen-bond acceptors (Lipinski definition) is 2. The van der Waals surface area contributed by atoms with Crippen LogP contribution in [0.25, 0.3) is 0 Å². The van der Waals surface area contributed by atoms with Gasteiger partial charge in [0.2, 0.25) is 0 Å². The van der Waals surface area contributed by atoms with Crippen LogP contribution in [0, 0.1) is 5.82 Å². The van der Waals surface area contributed by atoms with Crippen LogP contribution in [0.1, 0.15) is 24.3 Å². The van der Waals surface area contributed by atoms with E-state index in [1.807, 2.05) is 31.2 Å². The Bertz CT molecular complexity index is 332. The van der Waals surface area contributed by atoms with Crippen molar-refractivity contribution in [1.29, 1.82) is 0 Å². The Labute approximate surface area is 90.1 Å². The van der Waals surface area contributed by atoms with Gasteiger partial charge in [0.1, 0.15) is 5.82 Å². The first kappa shape index (κ1) is 10.6. The highest BCUT2D eigenvalue weighted by Gasteiger charge is 2.31. The summed E-state index contributed by atoms with van der Waals surface area (Å²) < 4.78 is 13.4. The molecule has 0 radical (unpaired) electrons. The molecule has 1 aliphatic rings. The smallest absolute Gasteiger partial charge is 0.126 e. The van der Waals surface area contributed by atoms with E-state index in [0.29, 0.717) is 12.0 Å². The Morgan fingerprint density at radius 1 is 1.27 bits per heavy atom. The topological polar surface area (TPSA) is 15.3 Å². The fourth-order valence-corrected chi connectivity index (χ4v) is 2.15. The summed E-state index contributed by atoms with van der Waals surface area (Å²) in [7, 11) is 3.97. The number of nitrogens with one attached hydrogen (secondary N) is 1. The maximum absolute atomic E-state index is 13.4. The standard InChI is InChI=1S/C12H17FN2/c1-15(2)14-10-7-9(8-10)11-5-3-4-6-12(11)13/h3-6,9-10,14H,7-8H2,1-2H3. The van der Waals surface area contributed by atoms with E-state index in [9.17, 15) is 4.39 Å². The van der Waals surface area contributed by atoms with Gasteiger partial charge in [0.05, 0.1) is 0 Å². The molecule has 0 bridgehead atoms. The SMILES string of the molecule is CN(C)NC1CC(c2ccccc2F)C1. The minimum Gasteiger partial charge on any atom is -0.253 e. The van der Waals surface area contributed by atoms with E-state index in [1.165, 1.54) is 0 Å². The molecular weight excluding hydrogens is 191 g/mol. The van der Waals surface area contributed by atoms with Crippen LogP contribution in [-0.2, 0) is 0 Å². The maximum Gasteiger partial charge on any atom is 0.126 e. The average Bonchev–Trinajstić information content (AvgIpc) is 2.12. The van der Waals surface area contributed by atoms with Gasteiger partial charge in [0, 0.05) is 20.1 Å². The molecule has 0 spiro atoms. The van der Waals surface area contributed by atoms with Gasteiger partial charge in [-0.05, 0) is 30.4 Å². The van der Waals surface area contributed by atoms with E-state index >= 15 is 0 Å².